The lowest BCUT2D eigenvalue weighted by atomic mass is 9.91. The number of fused-ring (bicyclic) bond motifs is 1. The number of nitrogens with one attached hydrogen (secondary N) is 1. The molecule has 1 aromatic rings. The predicted molar refractivity (Wildman–Crippen MR) is 80.2 cm³/mol. The van der Waals surface area contributed by atoms with Gasteiger partial charge in [0.25, 0.3) is 0 Å². The zero-order valence-electron chi connectivity index (χ0n) is 11.0. The number of rotatable bonds is 2. The summed E-state index contributed by atoms with van der Waals surface area (Å²) >= 11 is 6.40. The van der Waals surface area contributed by atoms with E-state index in [9.17, 15) is 0 Å². The molecular weight excluding hydrogens is 258 g/mol. The van der Waals surface area contributed by atoms with Gasteiger partial charge in [-0.05, 0) is 49.8 Å². The number of nitrogen functional groups attached to an aromatic ring is 1. The zero-order valence-corrected chi connectivity index (χ0v) is 11.8. The fraction of sp³-hybridized carbons (Fsp3) is 0.533. The average molecular weight is 278 g/mol. The van der Waals surface area contributed by atoms with Crippen molar-refractivity contribution in [3.05, 3.63) is 28.8 Å². The number of hydrogen-bond donors (Lipinski definition) is 2. The van der Waals surface area contributed by atoms with Crippen LogP contribution in [0.2, 0.25) is 5.02 Å². The SMILES string of the molecule is N=C(N)c1ccc(N2CCCC3CCCC32)c(Cl)c1. The normalized spacial score (nSPS) is 26.3. The van der Waals surface area contributed by atoms with Crippen LogP contribution in [0.1, 0.15) is 37.7 Å². The van der Waals surface area contributed by atoms with E-state index in [1.807, 2.05) is 18.2 Å². The van der Waals surface area contributed by atoms with Gasteiger partial charge in [0.1, 0.15) is 5.84 Å². The summed E-state index contributed by atoms with van der Waals surface area (Å²) in [5, 5.41) is 8.19. The third kappa shape index (κ3) is 2.32. The highest BCUT2D eigenvalue weighted by atomic mass is 35.5. The average Bonchev–Trinajstić information content (AvgIpc) is 2.86. The molecule has 3 nitrogen and oxygen atoms in total. The molecule has 3 rings (SSSR count). The Morgan fingerprint density at radius 2 is 2.05 bits per heavy atom. The third-order valence-corrected chi connectivity index (χ3v) is 4.86. The second-order valence-electron chi connectivity index (χ2n) is 5.67. The Morgan fingerprint density at radius 3 is 2.79 bits per heavy atom. The molecule has 2 unspecified atom stereocenters. The van der Waals surface area contributed by atoms with Gasteiger partial charge in [-0.3, -0.25) is 5.41 Å². The summed E-state index contributed by atoms with van der Waals surface area (Å²) in [5.74, 6) is 0.920. The van der Waals surface area contributed by atoms with Gasteiger partial charge >= 0.3 is 0 Å². The Bertz CT molecular complexity index is 500. The number of piperidine rings is 1. The van der Waals surface area contributed by atoms with E-state index in [2.05, 4.69) is 4.90 Å². The highest BCUT2D eigenvalue weighted by Crippen LogP contribution is 2.41. The molecule has 0 radical (unpaired) electrons. The molecule has 4 heteroatoms. The van der Waals surface area contributed by atoms with E-state index in [1.165, 1.54) is 32.1 Å². The van der Waals surface area contributed by atoms with Crippen molar-refractivity contribution in [2.75, 3.05) is 11.4 Å². The molecule has 1 aliphatic carbocycles. The number of nitrogens with zero attached hydrogens (tertiary/aromatic N) is 1. The second kappa shape index (κ2) is 5.04. The molecule has 1 aliphatic heterocycles. The van der Waals surface area contributed by atoms with E-state index in [-0.39, 0.29) is 5.84 Å². The van der Waals surface area contributed by atoms with Crippen molar-refractivity contribution in [3.63, 3.8) is 0 Å². The van der Waals surface area contributed by atoms with Crippen molar-refractivity contribution < 1.29 is 0 Å². The topological polar surface area (TPSA) is 53.1 Å². The first kappa shape index (κ1) is 12.8. The first-order valence-corrected chi connectivity index (χ1v) is 7.45. The van der Waals surface area contributed by atoms with Crippen LogP contribution in [0.3, 0.4) is 0 Å². The van der Waals surface area contributed by atoms with Crippen LogP contribution < -0.4 is 10.6 Å². The molecule has 1 aromatic carbocycles. The molecule has 0 bridgehead atoms. The molecule has 1 heterocycles. The standard InChI is InChI=1S/C15H20ClN3/c16-12-9-11(15(17)18)6-7-14(12)19-8-2-4-10-3-1-5-13(10)19/h6-7,9-10,13H,1-5,8H2,(H3,17,18). The molecule has 19 heavy (non-hydrogen) atoms. The number of halogens is 1. The van der Waals surface area contributed by atoms with Crippen LogP contribution in [-0.2, 0) is 0 Å². The highest BCUT2D eigenvalue weighted by molar-refractivity contribution is 6.33. The smallest absolute Gasteiger partial charge is 0.122 e. The quantitative estimate of drug-likeness (QED) is 0.643. The van der Waals surface area contributed by atoms with Crippen LogP contribution in [0.25, 0.3) is 0 Å². The molecule has 1 saturated heterocycles. The van der Waals surface area contributed by atoms with Gasteiger partial charge in [-0.25, -0.2) is 0 Å². The number of benzene rings is 1. The number of hydrogen-bond acceptors (Lipinski definition) is 2. The van der Waals surface area contributed by atoms with Crippen molar-refractivity contribution >= 4 is 23.1 Å². The van der Waals surface area contributed by atoms with Crippen LogP contribution in [0.4, 0.5) is 5.69 Å². The minimum Gasteiger partial charge on any atom is -0.384 e. The van der Waals surface area contributed by atoms with Crippen molar-refractivity contribution in [3.8, 4) is 0 Å². The van der Waals surface area contributed by atoms with Crippen molar-refractivity contribution in [2.24, 2.45) is 11.7 Å². The van der Waals surface area contributed by atoms with Crippen LogP contribution in [0, 0.1) is 11.3 Å². The summed E-state index contributed by atoms with van der Waals surface area (Å²) in [6.07, 6.45) is 6.62. The third-order valence-electron chi connectivity index (χ3n) is 4.56. The van der Waals surface area contributed by atoms with E-state index in [0.717, 1.165) is 23.2 Å². The maximum atomic E-state index is 7.47. The molecule has 2 aliphatic rings. The van der Waals surface area contributed by atoms with Crippen LogP contribution in [0.5, 0.6) is 0 Å². The lowest BCUT2D eigenvalue weighted by Gasteiger charge is -2.40. The van der Waals surface area contributed by atoms with Crippen LogP contribution in [-0.4, -0.2) is 18.4 Å². The number of anilines is 1. The Hall–Kier alpha value is -1.22. The van der Waals surface area contributed by atoms with Gasteiger partial charge in [0.15, 0.2) is 0 Å². The fourth-order valence-corrected chi connectivity index (χ4v) is 3.95. The fourth-order valence-electron chi connectivity index (χ4n) is 3.66. The molecule has 0 aromatic heterocycles. The van der Waals surface area contributed by atoms with Gasteiger partial charge in [-0.2, -0.15) is 0 Å². The van der Waals surface area contributed by atoms with Gasteiger partial charge in [-0.15, -0.1) is 0 Å². The Balaban J connectivity index is 1.90. The summed E-state index contributed by atoms with van der Waals surface area (Å²) in [4.78, 5) is 2.48. The molecule has 1 saturated carbocycles. The lowest BCUT2D eigenvalue weighted by molar-refractivity contribution is 0.362. The summed E-state index contributed by atoms with van der Waals surface area (Å²) in [5.41, 5.74) is 7.32. The van der Waals surface area contributed by atoms with Gasteiger partial charge in [0.2, 0.25) is 0 Å². The summed E-state index contributed by atoms with van der Waals surface area (Å²) < 4.78 is 0. The van der Waals surface area contributed by atoms with Crippen LogP contribution >= 0.6 is 11.6 Å². The first-order valence-electron chi connectivity index (χ1n) is 7.07. The van der Waals surface area contributed by atoms with Crippen molar-refractivity contribution in [2.45, 2.75) is 38.1 Å². The Labute approximate surface area is 119 Å². The maximum absolute atomic E-state index is 7.47. The van der Waals surface area contributed by atoms with Gasteiger partial charge in [0.05, 0.1) is 10.7 Å². The Morgan fingerprint density at radius 1 is 1.26 bits per heavy atom. The summed E-state index contributed by atoms with van der Waals surface area (Å²) in [7, 11) is 0. The summed E-state index contributed by atoms with van der Waals surface area (Å²) in [6.45, 7) is 1.10. The molecule has 2 atom stereocenters. The van der Waals surface area contributed by atoms with E-state index < -0.39 is 0 Å². The lowest BCUT2D eigenvalue weighted by Crippen LogP contribution is -2.42. The van der Waals surface area contributed by atoms with Crippen molar-refractivity contribution in [1.29, 1.82) is 5.41 Å². The molecule has 3 N–H and O–H groups in total. The van der Waals surface area contributed by atoms with Gasteiger partial charge in [-0.1, -0.05) is 18.0 Å². The molecule has 102 valence electrons. The number of amidine groups is 1. The minimum atomic E-state index is 0.0748. The van der Waals surface area contributed by atoms with Crippen molar-refractivity contribution in [1.82, 2.24) is 0 Å². The largest absolute Gasteiger partial charge is 0.384 e. The molecule has 2 fully saturated rings. The van der Waals surface area contributed by atoms with E-state index in [4.69, 9.17) is 22.7 Å². The van der Waals surface area contributed by atoms with Gasteiger partial charge in [0, 0.05) is 18.2 Å². The molecular formula is C15H20ClN3. The van der Waals surface area contributed by atoms with Crippen LogP contribution in [0.15, 0.2) is 18.2 Å². The number of nitrogens with two attached hydrogens (primary N) is 1. The second-order valence-corrected chi connectivity index (χ2v) is 6.08. The minimum absolute atomic E-state index is 0.0748. The highest BCUT2D eigenvalue weighted by Gasteiger charge is 2.35. The molecule has 0 spiro atoms. The first-order chi connectivity index (χ1) is 9.16. The monoisotopic (exact) mass is 277 g/mol. The Kier molecular flexibility index (Phi) is 3.40. The predicted octanol–water partition coefficient (Wildman–Crippen LogP) is 3.39. The summed E-state index contributed by atoms with van der Waals surface area (Å²) in [6, 6.07) is 6.41. The van der Waals surface area contributed by atoms with E-state index >= 15 is 0 Å². The van der Waals surface area contributed by atoms with Gasteiger partial charge < -0.3 is 10.6 Å². The maximum Gasteiger partial charge on any atom is 0.122 e. The van der Waals surface area contributed by atoms with E-state index in [1.54, 1.807) is 0 Å². The molecule has 0 amide bonds. The zero-order chi connectivity index (χ0) is 13.4. The van der Waals surface area contributed by atoms with E-state index in [0.29, 0.717) is 11.6 Å².